The van der Waals surface area contributed by atoms with Crippen molar-refractivity contribution in [2.75, 3.05) is 12.3 Å². The van der Waals surface area contributed by atoms with Gasteiger partial charge in [-0.25, -0.2) is 18.7 Å². The molecule has 0 spiro atoms. The number of aromatic amines is 2. The third kappa shape index (κ3) is 14.1. The Kier molecular flexibility index (Phi) is 12.4. The smallest absolute Gasteiger partial charge is 0.394 e. The summed E-state index contributed by atoms with van der Waals surface area (Å²) >= 11 is 0. The molecule has 2 unspecified atom stereocenters. The van der Waals surface area contributed by atoms with Gasteiger partial charge in [0.25, 0.3) is 5.56 Å². The number of imidazole rings is 1. The van der Waals surface area contributed by atoms with Crippen molar-refractivity contribution < 1.29 is 66.9 Å². The van der Waals surface area contributed by atoms with Crippen LogP contribution < -0.4 is 11.3 Å². The summed E-state index contributed by atoms with van der Waals surface area (Å²) in [5.41, 5.74) is 5.65. The fraction of sp³-hybridized carbons (Fsp3) is 0.400. The Hall–Kier alpha value is -1.89. The summed E-state index contributed by atoms with van der Waals surface area (Å²) in [6.45, 7) is -0.519. The van der Waals surface area contributed by atoms with Gasteiger partial charge in [0.1, 0.15) is 12.4 Å². The Balaban J connectivity index is 0.000000473. The van der Waals surface area contributed by atoms with Crippen LogP contribution in [-0.4, -0.2) is 84.8 Å². The zero-order valence-corrected chi connectivity index (χ0v) is 18.7. The Bertz CT molecular complexity index is 1060. The summed E-state index contributed by atoms with van der Waals surface area (Å²) in [6, 6.07) is 0. The topological polar surface area (TPSA) is 349 Å². The predicted octanol–water partition coefficient (Wildman–Crippen LogP) is -3.18. The molecule has 2 aromatic heterocycles. The molecular formula is C10H20N5O15P3. The third-order valence-electron chi connectivity index (χ3n) is 2.70. The Morgan fingerprint density at radius 1 is 1.06 bits per heavy atom. The molecule has 23 heteroatoms. The minimum atomic E-state index is -5.46. The van der Waals surface area contributed by atoms with Gasteiger partial charge in [-0.15, -0.1) is 0 Å². The van der Waals surface area contributed by atoms with Crippen LogP contribution in [0.2, 0.25) is 0 Å². The van der Waals surface area contributed by atoms with E-state index >= 15 is 0 Å². The van der Waals surface area contributed by atoms with Crippen molar-refractivity contribution in [3.8, 4) is 0 Å². The number of hydrogen-bond donors (Lipinski definition) is 11. The maximum atomic E-state index is 11.0. The first-order valence-corrected chi connectivity index (χ1v) is 12.4. The van der Waals surface area contributed by atoms with Crippen molar-refractivity contribution in [3.05, 3.63) is 16.7 Å². The number of aliphatic hydroxyl groups is 3. The molecule has 2 aromatic rings. The van der Waals surface area contributed by atoms with Crippen molar-refractivity contribution >= 4 is 46.9 Å². The quantitative estimate of drug-likeness (QED) is 0.115. The van der Waals surface area contributed by atoms with E-state index in [-0.39, 0.29) is 17.9 Å². The first kappa shape index (κ1) is 31.1. The van der Waals surface area contributed by atoms with Crippen LogP contribution in [0.4, 0.5) is 5.95 Å². The molecule has 0 saturated carbocycles. The van der Waals surface area contributed by atoms with E-state index in [1.165, 1.54) is 6.33 Å². The number of nitrogen functional groups attached to an aromatic ring is 1. The molecule has 20 nitrogen and oxygen atoms in total. The summed E-state index contributed by atoms with van der Waals surface area (Å²) in [5, 5.41) is 25.5. The number of phosphoric acid groups is 3. The lowest BCUT2D eigenvalue weighted by Gasteiger charge is -2.11. The summed E-state index contributed by atoms with van der Waals surface area (Å²) in [7, 11) is -16.2. The highest BCUT2D eigenvalue weighted by Gasteiger charge is 2.38. The number of fused-ring (bicyclic) bond motifs is 1. The summed E-state index contributed by atoms with van der Waals surface area (Å²) in [5.74, 6) is 0.0783. The molecule has 2 atom stereocenters. The van der Waals surface area contributed by atoms with Crippen molar-refractivity contribution in [2.45, 2.75) is 18.6 Å². The molecule has 2 heterocycles. The van der Waals surface area contributed by atoms with Crippen LogP contribution in [0, 0.1) is 0 Å². The highest BCUT2D eigenvalue weighted by molar-refractivity contribution is 7.66. The molecule has 0 aliphatic heterocycles. The second kappa shape index (κ2) is 13.1. The highest BCUT2D eigenvalue weighted by Crippen LogP contribution is 2.64. The molecule has 0 amide bonds. The van der Waals surface area contributed by atoms with Crippen LogP contribution in [0.3, 0.4) is 0 Å². The van der Waals surface area contributed by atoms with E-state index in [0.29, 0.717) is 17.5 Å². The second-order valence-corrected chi connectivity index (χ2v) is 9.59. The normalized spacial score (nSPS) is 13.8. The van der Waals surface area contributed by atoms with Crippen LogP contribution in [0.5, 0.6) is 0 Å². The van der Waals surface area contributed by atoms with Gasteiger partial charge < -0.3 is 55.3 Å². The van der Waals surface area contributed by atoms with E-state index in [1.54, 1.807) is 0 Å². The number of nitrogens with two attached hydrogens (primary N) is 1. The Morgan fingerprint density at radius 2 is 1.58 bits per heavy atom. The largest absolute Gasteiger partial charge is 0.490 e. The number of aromatic nitrogens is 4. The molecule has 12 N–H and O–H groups in total. The van der Waals surface area contributed by atoms with Crippen molar-refractivity contribution in [3.63, 3.8) is 0 Å². The van der Waals surface area contributed by atoms with Crippen LogP contribution in [0.15, 0.2) is 11.1 Å². The van der Waals surface area contributed by atoms with Gasteiger partial charge in [-0.05, 0) is 0 Å². The number of anilines is 1. The maximum absolute atomic E-state index is 11.0. The third-order valence-corrected chi connectivity index (χ3v) is 6.06. The number of carbonyl (C=O) groups excluding carboxylic acids is 1. The van der Waals surface area contributed by atoms with Gasteiger partial charge in [0, 0.05) is 6.42 Å². The van der Waals surface area contributed by atoms with Crippen molar-refractivity contribution in [2.24, 2.45) is 0 Å². The number of H-pyrrole nitrogens is 2. The van der Waals surface area contributed by atoms with Crippen LogP contribution in [-0.2, 0) is 27.1 Å². The first-order valence-electron chi connectivity index (χ1n) is 7.86. The summed E-state index contributed by atoms with van der Waals surface area (Å²) in [4.78, 5) is 73.4. The zero-order chi connectivity index (χ0) is 26.0. The van der Waals surface area contributed by atoms with Gasteiger partial charge in [0.05, 0.1) is 19.0 Å². The fourth-order valence-corrected chi connectivity index (χ4v) is 4.06. The molecule has 0 radical (unpaired) electrons. The van der Waals surface area contributed by atoms with E-state index < -0.39 is 42.3 Å². The highest BCUT2D eigenvalue weighted by atomic mass is 31.3. The molecular weight excluding hydrogens is 523 g/mol. The molecule has 190 valence electrons. The maximum Gasteiger partial charge on any atom is 0.490 e. The van der Waals surface area contributed by atoms with Crippen molar-refractivity contribution in [1.82, 2.24) is 19.9 Å². The minimum absolute atomic E-state index is 0.0783. The summed E-state index contributed by atoms with van der Waals surface area (Å²) < 4.78 is 36.4. The number of carbonyl (C=O) groups is 1. The number of rotatable bonds is 8. The van der Waals surface area contributed by atoms with E-state index in [4.69, 9.17) is 45.5 Å². The second-order valence-electron chi connectivity index (χ2n) is 5.38. The van der Waals surface area contributed by atoms with Gasteiger partial charge >= 0.3 is 23.5 Å². The Labute approximate surface area is 182 Å². The first-order chi connectivity index (χ1) is 14.9. The van der Waals surface area contributed by atoms with Crippen LogP contribution in [0.25, 0.3) is 11.2 Å². The molecule has 0 saturated heterocycles. The monoisotopic (exact) mass is 543 g/mol. The van der Waals surface area contributed by atoms with E-state index in [9.17, 15) is 23.3 Å². The number of hydrogen-bond acceptors (Lipinski definition) is 13. The number of nitrogens with zero attached hydrogens (tertiary/aromatic N) is 2. The van der Waals surface area contributed by atoms with E-state index in [0.717, 1.165) is 0 Å². The SMILES string of the molecule is Nc1nc2nc[nH]c2c(=O)[nH]1.O=CCC(O)C(O)CO.O=P(O)(O)OP(=O)(O)OP(=O)(O)O. The predicted molar refractivity (Wildman–Crippen MR) is 105 cm³/mol. The average molecular weight is 543 g/mol. The summed E-state index contributed by atoms with van der Waals surface area (Å²) in [6.07, 6.45) is -0.583. The van der Waals surface area contributed by atoms with Crippen LogP contribution in [0.1, 0.15) is 6.42 Å². The standard InChI is InChI=1S/C5H5N5O.C5H10O4.H5O10P3/c6-5-9-3-2(4(11)10-5)7-1-8-3;6-2-1-4(8)5(9)3-7;1-11(2,3)9-13(7,8)10-12(4,5)6/h1H,(H4,6,7,8,9,10,11);2,4-5,7-9H,1,3H2;(H,7,8)(H2,1,2,3)(H2,4,5,6). The number of aldehydes is 1. The molecule has 33 heavy (non-hydrogen) atoms. The minimum Gasteiger partial charge on any atom is -0.394 e. The van der Waals surface area contributed by atoms with Gasteiger partial charge in [-0.1, -0.05) is 0 Å². The van der Waals surface area contributed by atoms with E-state index in [2.05, 4.69) is 28.6 Å². The van der Waals surface area contributed by atoms with Crippen molar-refractivity contribution in [1.29, 1.82) is 0 Å². The lowest BCUT2D eigenvalue weighted by Crippen LogP contribution is -2.29. The van der Waals surface area contributed by atoms with Gasteiger partial charge in [0.2, 0.25) is 5.95 Å². The molecule has 0 aromatic carbocycles. The van der Waals surface area contributed by atoms with Gasteiger partial charge in [0.15, 0.2) is 11.2 Å². The molecule has 0 fully saturated rings. The molecule has 0 aliphatic rings. The fourth-order valence-electron chi connectivity index (χ4n) is 1.52. The molecule has 0 aliphatic carbocycles. The van der Waals surface area contributed by atoms with Gasteiger partial charge in [-0.3, -0.25) is 9.78 Å². The van der Waals surface area contributed by atoms with E-state index in [1.807, 2.05) is 0 Å². The Morgan fingerprint density at radius 3 is 2.00 bits per heavy atom. The molecule has 0 bridgehead atoms. The van der Waals surface area contributed by atoms with Crippen LogP contribution >= 0.6 is 23.5 Å². The number of aliphatic hydroxyl groups excluding tert-OH is 3. The lowest BCUT2D eigenvalue weighted by atomic mass is 10.2. The van der Waals surface area contributed by atoms with Gasteiger partial charge in [-0.2, -0.15) is 13.6 Å². The number of nitrogens with one attached hydrogen (secondary N) is 2. The average Bonchev–Trinajstić information content (AvgIpc) is 3.06. The zero-order valence-electron chi connectivity index (χ0n) is 16.0. The molecule has 2 rings (SSSR count). The lowest BCUT2D eigenvalue weighted by molar-refractivity contribution is -0.111.